The molecule has 1 aromatic heterocycles. The molecule has 4 atom stereocenters. The highest BCUT2D eigenvalue weighted by molar-refractivity contribution is 5.01. The Labute approximate surface area is 126 Å². The van der Waals surface area contributed by atoms with E-state index in [1.165, 1.54) is 6.20 Å². The molecule has 2 rings (SSSR count). The smallest absolute Gasteiger partial charge is 0.330 e. The Morgan fingerprint density at radius 2 is 2.09 bits per heavy atom. The fraction of sp³-hybridized carbons (Fsp3) is 0.692. The molecule has 0 saturated carbocycles. The number of H-pyrrole nitrogens is 1. The van der Waals surface area contributed by atoms with Crippen LogP contribution in [0.5, 0.6) is 0 Å². The van der Waals surface area contributed by atoms with E-state index in [9.17, 15) is 24.9 Å². The van der Waals surface area contributed by atoms with Crippen LogP contribution in [0, 0.1) is 0 Å². The van der Waals surface area contributed by atoms with Crippen LogP contribution in [0.15, 0.2) is 21.9 Å². The molecule has 124 valence electrons. The van der Waals surface area contributed by atoms with Crippen LogP contribution in [0.4, 0.5) is 0 Å². The van der Waals surface area contributed by atoms with Gasteiger partial charge in [-0.25, -0.2) is 4.79 Å². The standard InChI is InChI=1S/C13H21N3O6/c14-5-2-1-4-13(11(20)10(19)8(7-17)22-13)16-6-3-9(18)15-12(16)21/h3,6,8,10-11,17,19-20H,1-2,4-5,7,14H2,(H,15,18,21)/t8-,10-,11-,13-/m1/s1. The molecular formula is C13H21N3O6. The summed E-state index contributed by atoms with van der Waals surface area (Å²) in [4.78, 5) is 25.4. The van der Waals surface area contributed by atoms with Gasteiger partial charge in [0.05, 0.1) is 6.61 Å². The summed E-state index contributed by atoms with van der Waals surface area (Å²) in [6, 6.07) is 1.13. The third-order valence-corrected chi connectivity index (χ3v) is 3.92. The van der Waals surface area contributed by atoms with Crippen molar-refractivity contribution in [3.63, 3.8) is 0 Å². The first-order valence-electron chi connectivity index (χ1n) is 7.13. The molecule has 22 heavy (non-hydrogen) atoms. The molecule has 1 saturated heterocycles. The van der Waals surface area contributed by atoms with E-state index in [1.807, 2.05) is 0 Å². The van der Waals surface area contributed by atoms with Crippen LogP contribution in [0.1, 0.15) is 19.3 Å². The van der Waals surface area contributed by atoms with Crippen molar-refractivity contribution in [1.82, 2.24) is 9.55 Å². The second-order valence-electron chi connectivity index (χ2n) is 5.35. The number of unbranched alkanes of at least 4 members (excludes halogenated alkanes) is 1. The van der Waals surface area contributed by atoms with Crippen LogP contribution in [0.25, 0.3) is 0 Å². The first-order chi connectivity index (χ1) is 10.5. The minimum absolute atomic E-state index is 0.199. The van der Waals surface area contributed by atoms with Crippen LogP contribution >= 0.6 is 0 Å². The molecule has 1 aromatic rings. The van der Waals surface area contributed by atoms with Crippen LogP contribution in [-0.4, -0.2) is 56.3 Å². The summed E-state index contributed by atoms with van der Waals surface area (Å²) in [7, 11) is 0. The highest BCUT2D eigenvalue weighted by atomic mass is 16.6. The van der Waals surface area contributed by atoms with Gasteiger partial charge in [-0.05, 0) is 25.8 Å². The number of rotatable bonds is 6. The van der Waals surface area contributed by atoms with Crippen molar-refractivity contribution in [1.29, 1.82) is 0 Å². The van der Waals surface area contributed by atoms with E-state index in [0.717, 1.165) is 10.6 Å². The average molecular weight is 315 g/mol. The van der Waals surface area contributed by atoms with Crippen molar-refractivity contribution in [2.45, 2.75) is 43.3 Å². The molecule has 9 nitrogen and oxygen atoms in total. The van der Waals surface area contributed by atoms with Gasteiger partial charge in [-0.3, -0.25) is 14.3 Å². The number of nitrogens with two attached hydrogens (primary N) is 1. The number of hydrogen-bond donors (Lipinski definition) is 5. The molecule has 1 fully saturated rings. The Bertz CT molecular complexity index is 614. The fourth-order valence-electron chi connectivity index (χ4n) is 2.78. The van der Waals surface area contributed by atoms with Gasteiger partial charge < -0.3 is 25.8 Å². The third kappa shape index (κ3) is 2.85. The Kier molecular flexibility index (Phi) is 5.14. The molecule has 0 spiro atoms. The van der Waals surface area contributed by atoms with Crippen molar-refractivity contribution >= 4 is 0 Å². The lowest BCUT2D eigenvalue weighted by Crippen LogP contribution is -2.51. The monoisotopic (exact) mass is 315 g/mol. The largest absolute Gasteiger partial charge is 0.394 e. The SMILES string of the molecule is NCCCC[C@@]1(n2ccc(=O)[nH]c2=O)O[C@H](CO)[C@@H](O)[C@H]1O. The maximum absolute atomic E-state index is 12.1. The first kappa shape index (κ1) is 16.8. The second kappa shape index (κ2) is 6.71. The first-order valence-corrected chi connectivity index (χ1v) is 7.13. The van der Waals surface area contributed by atoms with Crippen molar-refractivity contribution < 1.29 is 20.1 Å². The summed E-state index contributed by atoms with van der Waals surface area (Å²) in [5.41, 5.74) is 2.56. The summed E-state index contributed by atoms with van der Waals surface area (Å²) in [5.74, 6) is 0. The van der Waals surface area contributed by atoms with Gasteiger partial charge in [-0.15, -0.1) is 0 Å². The quantitative estimate of drug-likeness (QED) is 0.362. The van der Waals surface area contributed by atoms with Crippen LogP contribution in [0.3, 0.4) is 0 Å². The minimum atomic E-state index is -1.55. The molecule has 0 radical (unpaired) electrons. The Hall–Kier alpha value is -1.52. The summed E-state index contributed by atoms with van der Waals surface area (Å²) >= 11 is 0. The summed E-state index contributed by atoms with van der Waals surface area (Å²) in [5, 5.41) is 29.7. The minimum Gasteiger partial charge on any atom is -0.394 e. The molecule has 9 heteroatoms. The van der Waals surface area contributed by atoms with Crippen molar-refractivity contribution in [2.24, 2.45) is 5.73 Å². The van der Waals surface area contributed by atoms with Crippen molar-refractivity contribution in [3.8, 4) is 0 Å². The summed E-state index contributed by atoms with van der Waals surface area (Å²) in [6.07, 6.45) is -1.22. The fourth-order valence-corrected chi connectivity index (χ4v) is 2.78. The van der Waals surface area contributed by atoms with Crippen molar-refractivity contribution in [3.05, 3.63) is 33.1 Å². The van der Waals surface area contributed by atoms with Crippen molar-refractivity contribution in [2.75, 3.05) is 13.2 Å². The number of nitrogens with zero attached hydrogens (tertiary/aromatic N) is 1. The van der Waals surface area contributed by atoms with Crippen LogP contribution < -0.4 is 17.0 Å². The van der Waals surface area contributed by atoms with E-state index in [-0.39, 0.29) is 6.42 Å². The van der Waals surface area contributed by atoms with E-state index in [1.54, 1.807) is 0 Å². The average Bonchev–Trinajstić information content (AvgIpc) is 2.73. The molecule has 1 aliphatic rings. The predicted molar refractivity (Wildman–Crippen MR) is 76.2 cm³/mol. The van der Waals surface area contributed by atoms with Gasteiger partial charge in [0.1, 0.15) is 18.3 Å². The van der Waals surface area contributed by atoms with Gasteiger partial charge in [0.15, 0.2) is 5.72 Å². The Morgan fingerprint density at radius 3 is 2.64 bits per heavy atom. The summed E-state index contributed by atoms with van der Waals surface area (Å²) in [6.45, 7) is -0.0757. The van der Waals surface area contributed by atoms with Gasteiger partial charge >= 0.3 is 5.69 Å². The maximum atomic E-state index is 12.1. The second-order valence-corrected chi connectivity index (χ2v) is 5.35. The molecule has 0 bridgehead atoms. The van der Waals surface area contributed by atoms with Crippen LogP contribution in [-0.2, 0) is 10.5 Å². The zero-order valence-corrected chi connectivity index (χ0v) is 12.0. The number of aliphatic hydroxyl groups is 3. The number of ether oxygens (including phenoxy) is 1. The molecule has 0 amide bonds. The lowest BCUT2D eigenvalue weighted by molar-refractivity contribution is -0.156. The zero-order chi connectivity index (χ0) is 16.3. The number of nitrogens with one attached hydrogen (secondary N) is 1. The Morgan fingerprint density at radius 1 is 1.36 bits per heavy atom. The lowest BCUT2D eigenvalue weighted by Gasteiger charge is -2.33. The molecule has 6 N–H and O–H groups in total. The summed E-state index contributed by atoms with van der Waals surface area (Å²) < 4.78 is 6.68. The lowest BCUT2D eigenvalue weighted by atomic mass is 9.96. The van der Waals surface area contributed by atoms with Gasteiger partial charge in [0.25, 0.3) is 5.56 Å². The highest BCUT2D eigenvalue weighted by Crippen LogP contribution is 2.38. The number of aromatic amines is 1. The van der Waals surface area contributed by atoms with Gasteiger partial charge in [0.2, 0.25) is 0 Å². The topological polar surface area (TPSA) is 151 Å². The molecule has 0 aliphatic carbocycles. The van der Waals surface area contributed by atoms with E-state index in [2.05, 4.69) is 4.98 Å². The normalized spacial score (nSPS) is 31.5. The highest BCUT2D eigenvalue weighted by Gasteiger charge is 2.55. The van der Waals surface area contributed by atoms with E-state index < -0.39 is 41.9 Å². The van der Waals surface area contributed by atoms with E-state index in [0.29, 0.717) is 19.4 Å². The van der Waals surface area contributed by atoms with E-state index >= 15 is 0 Å². The number of hydrogen-bond acceptors (Lipinski definition) is 7. The maximum Gasteiger partial charge on any atom is 0.330 e. The predicted octanol–water partition coefficient (Wildman–Crippen LogP) is -2.57. The third-order valence-electron chi connectivity index (χ3n) is 3.92. The molecular weight excluding hydrogens is 294 g/mol. The number of aromatic nitrogens is 2. The van der Waals surface area contributed by atoms with Gasteiger partial charge in [-0.1, -0.05) is 0 Å². The van der Waals surface area contributed by atoms with Crippen LogP contribution in [0.2, 0.25) is 0 Å². The molecule has 2 heterocycles. The molecule has 0 unspecified atom stereocenters. The molecule has 1 aliphatic heterocycles. The Balaban J connectivity index is 2.46. The van der Waals surface area contributed by atoms with E-state index in [4.69, 9.17) is 10.5 Å². The number of aliphatic hydroxyl groups excluding tert-OH is 3. The zero-order valence-electron chi connectivity index (χ0n) is 12.0. The van der Waals surface area contributed by atoms with Gasteiger partial charge in [-0.2, -0.15) is 0 Å². The molecule has 0 aromatic carbocycles. The van der Waals surface area contributed by atoms with Gasteiger partial charge in [0, 0.05) is 12.3 Å².